The Morgan fingerprint density at radius 2 is 1.41 bits per heavy atom. The molecule has 1 heterocycles. The van der Waals surface area contributed by atoms with Gasteiger partial charge in [0.1, 0.15) is 5.82 Å². The van der Waals surface area contributed by atoms with Crippen molar-refractivity contribution in [3.63, 3.8) is 0 Å². The number of nitrogens with zero attached hydrogens (tertiary/aromatic N) is 1. The molecule has 3 aromatic carbocycles. The van der Waals surface area contributed by atoms with Crippen LogP contribution in [0.4, 0.5) is 5.82 Å². The normalized spacial score (nSPS) is 15.4. The Morgan fingerprint density at radius 3 is 2.09 bits per heavy atom. The third-order valence-electron chi connectivity index (χ3n) is 6.55. The first-order valence-corrected chi connectivity index (χ1v) is 12.1. The van der Waals surface area contributed by atoms with Crippen molar-refractivity contribution in [2.75, 3.05) is 5.32 Å². The fourth-order valence-corrected chi connectivity index (χ4v) is 4.40. The van der Waals surface area contributed by atoms with E-state index in [-0.39, 0.29) is 0 Å². The molecule has 0 saturated carbocycles. The minimum Gasteiger partial charge on any atom is -0.365 e. The molecule has 5 rings (SSSR count). The Morgan fingerprint density at radius 1 is 0.794 bits per heavy atom. The summed E-state index contributed by atoms with van der Waals surface area (Å²) >= 11 is 0. The number of anilines is 1. The molecular weight excluding hydrogens is 416 g/mol. The standard InChI is InChI=1S/C30H32N4/c1-21-3-11-25(12-4-21)27-15-16-28(17-27)31-19-23-7-9-24(10-8-23)20-32-30-18-29(33-34-30)26-13-5-22(2)6-14-26/h3-14,17-18,28,31H,15-16,19-20H2,1-2H3,(H2,32,33,34). The zero-order valence-electron chi connectivity index (χ0n) is 19.9. The van der Waals surface area contributed by atoms with Crippen LogP contribution in [-0.4, -0.2) is 16.2 Å². The third kappa shape index (κ3) is 5.46. The molecule has 0 aliphatic heterocycles. The Bertz CT molecular complexity index is 1250. The molecule has 0 spiro atoms. The van der Waals surface area contributed by atoms with Gasteiger partial charge in [-0.25, -0.2) is 0 Å². The lowest BCUT2D eigenvalue weighted by atomic mass is 10.0. The second-order valence-electron chi connectivity index (χ2n) is 9.29. The van der Waals surface area contributed by atoms with E-state index in [9.17, 15) is 0 Å². The summed E-state index contributed by atoms with van der Waals surface area (Å²) in [5.74, 6) is 0.860. The molecule has 0 saturated heterocycles. The molecule has 0 amide bonds. The highest BCUT2D eigenvalue weighted by atomic mass is 15.2. The molecule has 4 nitrogen and oxygen atoms in total. The molecule has 1 aromatic heterocycles. The highest BCUT2D eigenvalue weighted by Crippen LogP contribution is 2.28. The molecule has 0 radical (unpaired) electrons. The summed E-state index contributed by atoms with van der Waals surface area (Å²) in [6.07, 6.45) is 4.71. The van der Waals surface area contributed by atoms with Crippen LogP contribution in [0, 0.1) is 13.8 Å². The maximum Gasteiger partial charge on any atom is 0.148 e. The Labute approximate surface area is 202 Å². The predicted octanol–water partition coefficient (Wildman–Crippen LogP) is 6.64. The van der Waals surface area contributed by atoms with Crippen molar-refractivity contribution in [3.05, 3.63) is 113 Å². The van der Waals surface area contributed by atoms with E-state index in [4.69, 9.17) is 0 Å². The molecule has 1 aliphatic carbocycles. The fraction of sp³-hybridized carbons (Fsp3) is 0.233. The molecule has 1 aliphatic rings. The van der Waals surface area contributed by atoms with Gasteiger partial charge in [0.2, 0.25) is 0 Å². The van der Waals surface area contributed by atoms with Crippen LogP contribution in [-0.2, 0) is 13.1 Å². The van der Waals surface area contributed by atoms with Gasteiger partial charge in [-0.05, 0) is 54.5 Å². The number of benzene rings is 3. The van der Waals surface area contributed by atoms with Gasteiger partial charge in [0.05, 0.1) is 5.69 Å². The largest absolute Gasteiger partial charge is 0.365 e. The van der Waals surface area contributed by atoms with Gasteiger partial charge in [0.15, 0.2) is 0 Å². The van der Waals surface area contributed by atoms with Crippen molar-refractivity contribution < 1.29 is 0 Å². The number of allylic oxidation sites excluding steroid dienone is 1. The number of H-pyrrole nitrogens is 1. The van der Waals surface area contributed by atoms with Crippen LogP contribution >= 0.6 is 0 Å². The summed E-state index contributed by atoms with van der Waals surface area (Å²) in [4.78, 5) is 0. The second kappa shape index (κ2) is 10.1. The van der Waals surface area contributed by atoms with E-state index in [2.05, 4.69) is 120 Å². The van der Waals surface area contributed by atoms with Crippen LogP contribution in [0.5, 0.6) is 0 Å². The van der Waals surface area contributed by atoms with E-state index in [0.29, 0.717) is 6.04 Å². The lowest BCUT2D eigenvalue weighted by Crippen LogP contribution is -2.24. The maximum absolute atomic E-state index is 4.40. The fourth-order valence-electron chi connectivity index (χ4n) is 4.40. The highest BCUT2D eigenvalue weighted by Gasteiger charge is 2.16. The topological polar surface area (TPSA) is 52.7 Å². The first kappa shape index (κ1) is 22.2. The molecule has 4 aromatic rings. The maximum atomic E-state index is 4.40. The van der Waals surface area contributed by atoms with Gasteiger partial charge in [-0.2, -0.15) is 5.10 Å². The Balaban J connectivity index is 1.11. The molecule has 0 bridgehead atoms. The average molecular weight is 449 g/mol. The SMILES string of the molecule is Cc1ccc(C2=CC(NCc3ccc(CNc4cc(-c5ccc(C)cc5)[nH]n4)cc3)CC2)cc1. The molecule has 0 fully saturated rings. The molecule has 172 valence electrons. The van der Waals surface area contributed by atoms with Gasteiger partial charge >= 0.3 is 0 Å². The number of aromatic nitrogens is 2. The zero-order chi connectivity index (χ0) is 23.3. The van der Waals surface area contributed by atoms with Crippen LogP contribution in [0.15, 0.2) is 84.9 Å². The van der Waals surface area contributed by atoms with E-state index >= 15 is 0 Å². The number of aryl methyl sites for hydroxylation is 2. The van der Waals surface area contributed by atoms with Crippen molar-refractivity contribution in [1.82, 2.24) is 15.5 Å². The number of nitrogens with one attached hydrogen (secondary N) is 3. The summed E-state index contributed by atoms with van der Waals surface area (Å²) in [6.45, 7) is 5.86. The van der Waals surface area contributed by atoms with E-state index in [1.165, 1.54) is 39.8 Å². The highest BCUT2D eigenvalue weighted by molar-refractivity contribution is 5.68. The predicted molar refractivity (Wildman–Crippen MR) is 142 cm³/mol. The molecule has 4 heteroatoms. The lowest BCUT2D eigenvalue weighted by Gasteiger charge is -2.11. The molecule has 1 atom stereocenters. The number of rotatable bonds is 8. The molecule has 34 heavy (non-hydrogen) atoms. The van der Waals surface area contributed by atoms with Crippen LogP contribution in [0.1, 0.15) is 40.7 Å². The van der Waals surface area contributed by atoms with Crippen LogP contribution in [0.3, 0.4) is 0 Å². The van der Waals surface area contributed by atoms with Gasteiger partial charge in [0, 0.05) is 25.2 Å². The van der Waals surface area contributed by atoms with Crippen molar-refractivity contribution in [3.8, 4) is 11.3 Å². The first-order valence-electron chi connectivity index (χ1n) is 12.1. The number of hydrogen-bond donors (Lipinski definition) is 3. The van der Waals surface area contributed by atoms with Gasteiger partial charge in [0.25, 0.3) is 0 Å². The number of aromatic amines is 1. The molecule has 1 unspecified atom stereocenters. The molecule has 3 N–H and O–H groups in total. The van der Waals surface area contributed by atoms with E-state index in [0.717, 1.165) is 36.6 Å². The zero-order valence-corrected chi connectivity index (χ0v) is 19.9. The summed E-state index contributed by atoms with van der Waals surface area (Å²) in [7, 11) is 0. The van der Waals surface area contributed by atoms with E-state index < -0.39 is 0 Å². The third-order valence-corrected chi connectivity index (χ3v) is 6.55. The first-order chi connectivity index (χ1) is 16.6. The summed E-state index contributed by atoms with van der Waals surface area (Å²) in [5, 5.41) is 14.6. The Kier molecular flexibility index (Phi) is 6.59. The molecular formula is C30H32N4. The van der Waals surface area contributed by atoms with Gasteiger partial charge in [-0.15, -0.1) is 0 Å². The second-order valence-corrected chi connectivity index (χ2v) is 9.29. The monoisotopic (exact) mass is 448 g/mol. The smallest absolute Gasteiger partial charge is 0.148 e. The Hall–Kier alpha value is -3.63. The van der Waals surface area contributed by atoms with Gasteiger partial charge in [-0.1, -0.05) is 90.0 Å². The van der Waals surface area contributed by atoms with Crippen LogP contribution in [0.25, 0.3) is 16.8 Å². The van der Waals surface area contributed by atoms with Crippen molar-refractivity contribution >= 4 is 11.4 Å². The minimum atomic E-state index is 0.444. The number of hydrogen-bond acceptors (Lipinski definition) is 3. The van der Waals surface area contributed by atoms with Crippen LogP contribution < -0.4 is 10.6 Å². The van der Waals surface area contributed by atoms with Gasteiger partial charge in [-0.3, -0.25) is 5.10 Å². The average Bonchev–Trinajstić information content (AvgIpc) is 3.53. The van der Waals surface area contributed by atoms with Crippen molar-refractivity contribution in [2.45, 2.75) is 45.8 Å². The van der Waals surface area contributed by atoms with Crippen molar-refractivity contribution in [2.24, 2.45) is 0 Å². The van der Waals surface area contributed by atoms with Gasteiger partial charge < -0.3 is 10.6 Å². The summed E-state index contributed by atoms with van der Waals surface area (Å²) < 4.78 is 0. The summed E-state index contributed by atoms with van der Waals surface area (Å²) in [6, 6.07) is 28.7. The lowest BCUT2D eigenvalue weighted by molar-refractivity contribution is 0.582. The van der Waals surface area contributed by atoms with E-state index in [1.807, 2.05) is 0 Å². The van der Waals surface area contributed by atoms with E-state index in [1.54, 1.807) is 0 Å². The quantitative estimate of drug-likeness (QED) is 0.283. The minimum absolute atomic E-state index is 0.444. The van der Waals surface area contributed by atoms with Crippen molar-refractivity contribution in [1.29, 1.82) is 0 Å². The summed E-state index contributed by atoms with van der Waals surface area (Å²) in [5.41, 5.74) is 10.1. The van der Waals surface area contributed by atoms with Crippen LogP contribution in [0.2, 0.25) is 0 Å².